The Hall–Kier alpha value is -1.63. The molecule has 0 aromatic heterocycles. The Morgan fingerprint density at radius 2 is 2.04 bits per heavy atom. The van der Waals surface area contributed by atoms with E-state index in [1.165, 1.54) is 10.4 Å². The standard InChI is InChI=1S/C20H30N2O5S/c1-14-11-22(15(2)13-23)28(25,26)20-9-8-17(7-6-16(3)24)10-18(20)27-19(14)12-21(4)5/h8-10,14-16,19,23-24H,11-13H2,1-5H3/t14-,15+,16-,19-/m0/s1. The van der Waals surface area contributed by atoms with Gasteiger partial charge in [0, 0.05) is 30.6 Å². The van der Waals surface area contributed by atoms with Gasteiger partial charge in [0.1, 0.15) is 22.9 Å². The molecule has 1 aromatic rings. The minimum atomic E-state index is -3.85. The Morgan fingerprint density at radius 1 is 1.36 bits per heavy atom. The molecule has 0 aliphatic carbocycles. The molecule has 1 aromatic carbocycles. The zero-order valence-electron chi connectivity index (χ0n) is 17.1. The lowest BCUT2D eigenvalue weighted by molar-refractivity contribution is 0.0812. The van der Waals surface area contributed by atoms with Crippen LogP contribution in [0.1, 0.15) is 26.3 Å². The predicted molar refractivity (Wildman–Crippen MR) is 108 cm³/mol. The van der Waals surface area contributed by atoms with E-state index in [4.69, 9.17) is 4.74 Å². The predicted octanol–water partition coefficient (Wildman–Crippen LogP) is 0.749. The van der Waals surface area contributed by atoms with Crippen LogP contribution in [0.25, 0.3) is 0 Å². The average Bonchev–Trinajstić information content (AvgIpc) is 2.61. The summed E-state index contributed by atoms with van der Waals surface area (Å²) in [5.74, 6) is 5.64. The second-order valence-electron chi connectivity index (χ2n) is 7.61. The largest absolute Gasteiger partial charge is 0.487 e. The molecule has 0 bridgehead atoms. The highest BCUT2D eigenvalue weighted by molar-refractivity contribution is 7.89. The third-order valence-corrected chi connectivity index (χ3v) is 6.66. The van der Waals surface area contributed by atoms with Gasteiger partial charge in [0.15, 0.2) is 0 Å². The van der Waals surface area contributed by atoms with Crippen molar-refractivity contribution in [1.82, 2.24) is 9.21 Å². The lowest BCUT2D eigenvalue weighted by Gasteiger charge is -2.37. The SMILES string of the molecule is C[C@H](O)C#Cc1ccc2c(c1)O[C@@H](CN(C)C)[C@@H](C)CN([C@H](C)CO)S2(=O)=O. The summed E-state index contributed by atoms with van der Waals surface area (Å²) in [6, 6.07) is 4.14. The molecule has 0 saturated heterocycles. The summed E-state index contributed by atoms with van der Waals surface area (Å²) in [4.78, 5) is 2.06. The first-order valence-electron chi connectivity index (χ1n) is 9.34. The zero-order chi connectivity index (χ0) is 21.1. The molecule has 156 valence electrons. The summed E-state index contributed by atoms with van der Waals surface area (Å²) in [6.45, 7) is 5.80. The Bertz CT molecular complexity index is 842. The normalized spacial score (nSPS) is 24.1. The maximum Gasteiger partial charge on any atom is 0.247 e. The number of hydrogen-bond acceptors (Lipinski definition) is 6. The molecule has 2 N–H and O–H groups in total. The fourth-order valence-corrected chi connectivity index (χ4v) is 4.89. The van der Waals surface area contributed by atoms with Gasteiger partial charge >= 0.3 is 0 Å². The maximum atomic E-state index is 13.3. The highest BCUT2D eigenvalue weighted by Gasteiger charge is 2.37. The number of rotatable bonds is 4. The number of ether oxygens (including phenoxy) is 1. The van der Waals surface area contributed by atoms with Crippen LogP contribution in [-0.2, 0) is 10.0 Å². The van der Waals surface area contributed by atoms with Gasteiger partial charge in [-0.2, -0.15) is 4.31 Å². The van der Waals surface area contributed by atoms with Crippen molar-refractivity contribution in [3.63, 3.8) is 0 Å². The molecular weight excluding hydrogens is 380 g/mol. The number of likely N-dealkylation sites (N-methyl/N-ethyl adjacent to an activating group) is 1. The zero-order valence-corrected chi connectivity index (χ0v) is 17.9. The second kappa shape index (κ2) is 9.25. The van der Waals surface area contributed by atoms with E-state index in [9.17, 15) is 18.6 Å². The van der Waals surface area contributed by atoms with Gasteiger partial charge in [-0.15, -0.1) is 0 Å². The Morgan fingerprint density at radius 3 is 2.61 bits per heavy atom. The first-order chi connectivity index (χ1) is 13.1. The highest BCUT2D eigenvalue weighted by Crippen LogP contribution is 2.34. The molecule has 0 unspecified atom stereocenters. The number of aliphatic hydroxyl groups excluding tert-OH is 2. The van der Waals surface area contributed by atoms with Crippen LogP contribution in [0.3, 0.4) is 0 Å². The van der Waals surface area contributed by atoms with E-state index in [2.05, 4.69) is 11.8 Å². The molecule has 0 saturated carbocycles. The van der Waals surface area contributed by atoms with Crippen molar-refractivity contribution in [2.75, 3.05) is 33.8 Å². The maximum absolute atomic E-state index is 13.3. The Kier molecular flexibility index (Phi) is 7.48. The van der Waals surface area contributed by atoms with Crippen LogP contribution in [-0.4, -0.2) is 79.9 Å². The van der Waals surface area contributed by atoms with E-state index in [0.717, 1.165) is 0 Å². The van der Waals surface area contributed by atoms with Crippen molar-refractivity contribution >= 4 is 10.0 Å². The topological polar surface area (TPSA) is 90.3 Å². The lowest BCUT2D eigenvalue weighted by Crippen LogP contribution is -2.49. The van der Waals surface area contributed by atoms with Gasteiger partial charge < -0.3 is 19.8 Å². The van der Waals surface area contributed by atoms with Gasteiger partial charge in [-0.25, -0.2) is 8.42 Å². The number of aliphatic hydroxyl groups is 2. The summed E-state index contributed by atoms with van der Waals surface area (Å²) in [5, 5.41) is 19.0. The first kappa shape index (κ1) is 22.7. The van der Waals surface area contributed by atoms with Crippen molar-refractivity contribution in [1.29, 1.82) is 0 Å². The number of sulfonamides is 1. The van der Waals surface area contributed by atoms with Gasteiger partial charge in [0.2, 0.25) is 10.0 Å². The molecular formula is C20H30N2O5S. The monoisotopic (exact) mass is 410 g/mol. The quantitative estimate of drug-likeness (QED) is 0.712. The fraction of sp³-hybridized carbons (Fsp3) is 0.600. The first-order valence-corrected chi connectivity index (χ1v) is 10.8. The minimum Gasteiger partial charge on any atom is -0.487 e. The van der Waals surface area contributed by atoms with Gasteiger partial charge in [0.05, 0.1) is 6.61 Å². The molecule has 8 heteroatoms. The van der Waals surface area contributed by atoms with Crippen molar-refractivity contribution in [2.45, 2.75) is 43.9 Å². The molecule has 0 radical (unpaired) electrons. The summed E-state index contributed by atoms with van der Waals surface area (Å²) in [5.41, 5.74) is 0.563. The van der Waals surface area contributed by atoms with Gasteiger partial charge in [-0.3, -0.25) is 0 Å². The van der Waals surface area contributed by atoms with Crippen LogP contribution < -0.4 is 4.74 Å². The number of hydrogen-bond donors (Lipinski definition) is 2. The number of nitrogens with zero attached hydrogens (tertiary/aromatic N) is 2. The van der Waals surface area contributed by atoms with Crippen LogP contribution in [0.4, 0.5) is 0 Å². The van der Waals surface area contributed by atoms with Gasteiger partial charge in [0.25, 0.3) is 0 Å². The number of benzene rings is 1. The van der Waals surface area contributed by atoms with Crippen molar-refractivity contribution in [3.05, 3.63) is 23.8 Å². The van der Waals surface area contributed by atoms with E-state index in [-0.39, 0.29) is 35.8 Å². The van der Waals surface area contributed by atoms with E-state index >= 15 is 0 Å². The van der Waals surface area contributed by atoms with Crippen molar-refractivity contribution in [2.24, 2.45) is 5.92 Å². The molecule has 4 atom stereocenters. The van der Waals surface area contributed by atoms with E-state index in [1.807, 2.05) is 25.9 Å². The molecule has 0 fully saturated rings. The van der Waals surface area contributed by atoms with E-state index < -0.39 is 22.2 Å². The molecule has 1 aliphatic rings. The highest BCUT2D eigenvalue weighted by atomic mass is 32.2. The molecule has 1 aliphatic heterocycles. The lowest BCUT2D eigenvalue weighted by atomic mass is 10.0. The molecule has 1 heterocycles. The molecule has 0 spiro atoms. The third-order valence-electron chi connectivity index (χ3n) is 4.64. The van der Waals surface area contributed by atoms with E-state index in [1.54, 1.807) is 26.0 Å². The molecule has 2 rings (SSSR count). The smallest absolute Gasteiger partial charge is 0.247 e. The fourth-order valence-electron chi connectivity index (χ4n) is 3.07. The summed E-state index contributed by atoms with van der Waals surface area (Å²) < 4.78 is 34.1. The molecule has 28 heavy (non-hydrogen) atoms. The van der Waals surface area contributed by atoms with E-state index in [0.29, 0.717) is 12.1 Å². The third kappa shape index (κ3) is 5.25. The summed E-state index contributed by atoms with van der Waals surface area (Å²) >= 11 is 0. The second-order valence-corrected chi connectivity index (χ2v) is 9.47. The summed E-state index contributed by atoms with van der Waals surface area (Å²) in [7, 11) is 0.0217. The minimum absolute atomic E-state index is 0.0612. The van der Waals surface area contributed by atoms with Crippen LogP contribution in [0, 0.1) is 17.8 Å². The molecule has 7 nitrogen and oxygen atoms in total. The number of fused-ring (bicyclic) bond motifs is 1. The van der Waals surface area contributed by atoms with Crippen LogP contribution in [0.5, 0.6) is 5.75 Å². The average molecular weight is 411 g/mol. The summed E-state index contributed by atoms with van der Waals surface area (Å²) in [6.07, 6.45) is -1.02. The molecule has 0 amide bonds. The van der Waals surface area contributed by atoms with Crippen molar-refractivity contribution < 1.29 is 23.4 Å². The van der Waals surface area contributed by atoms with Gasteiger partial charge in [-0.05, 0) is 46.1 Å². The Balaban J connectivity index is 2.61. The van der Waals surface area contributed by atoms with Crippen molar-refractivity contribution in [3.8, 4) is 17.6 Å². The van der Waals surface area contributed by atoms with Crippen LogP contribution in [0.2, 0.25) is 0 Å². The van der Waals surface area contributed by atoms with Crippen LogP contribution >= 0.6 is 0 Å². The Labute approximate surface area is 168 Å². The van der Waals surface area contributed by atoms with Gasteiger partial charge in [-0.1, -0.05) is 18.8 Å². The van der Waals surface area contributed by atoms with Crippen LogP contribution in [0.15, 0.2) is 23.1 Å².